The smallest absolute Gasteiger partial charge is 0.435 e. The monoisotopic (exact) mass is 637 g/mol. The van der Waals surface area contributed by atoms with Gasteiger partial charge in [0, 0.05) is 37.4 Å². The number of ether oxygens (including phenoxy) is 1. The number of anilines is 2. The van der Waals surface area contributed by atoms with Crippen LogP contribution in [0.1, 0.15) is 32.3 Å². The van der Waals surface area contributed by atoms with E-state index < -0.39 is 29.5 Å². The van der Waals surface area contributed by atoms with Crippen molar-refractivity contribution in [3.63, 3.8) is 0 Å². The van der Waals surface area contributed by atoms with Crippen LogP contribution in [0.15, 0.2) is 79.1 Å². The van der Waals surface area contributed by atoms with Crippen LogP contribution in [-0.4, -0.2) is 80.1 Å². The first-order valence-corrected chi connectivity index (χ1v) is 15.4. The molecule has 1 spiro atoms. The Hall–Kier alpha value is -5.59. The number of urea groups is 1. The number of hydrogen-bond acceptors (Lipinski definition) is 8. The van der Waals surface area contributed by atoms with Gasteiger partial charge in [-0.1, -0.05) is 50.2 Å². The van der Waals surface area contributed by atoms with Crippen molar-refractivity contribution in [2.24, 2.45) is 11.8 Å². The highest BCUT2D eigenvalue weighted by Gasteiger charge is 2.58. The number of benzene rings is 2. The van der Waals surface area contributed by atoms with E-state index in [1.165, 1.54) is 18.1 Å². The van der Waals surface area contributed by atoms with Crippen LogP contribution < -0.4 is 10.2 Å². The third-order valence-electron chi connectivity index (χ3n) is 8.83. The zero-order valence-corrected chi connectivity index (χ0v) is 26.3. The number of imide groups is 1. The lowest BCUT2D eigenvalue weighted by molar-refractivity contribution is -0.145. The average Bonchev–Trinajstić information content (AvgIpc) is 3.57. The summed E-state index contributed by atoms with van der Waals surface area (Å²) in [6.45, 7) is 4.06. The van der Waals surface area contributed by atoms with Crippen LogP contribution in [0.5, 0.6) is 0 Å². The van der Waals surface area contributed by atoms with E-state index in [2.05, 4.69) is 15.4 Å². The van der Waals surface area contributed by atoms with Gasteiger partial charge in [0.15, 0.2) is 0 Å². The third kappa shape index (κ3) is 5.80. The number of rotatable bonds is 7. The zero-order valence-electron chi connectivity index (χ0n) is 26.3. The molecule has 13 heteroatoms. The molecule has 2 saturated heterocycles. The molecule has 2 aliphatic rings. The number of hydrogen-bond donors (Lipinski definition) is 1. The highest BCUT2D eigenvalue weighted by Crippen LogP contribution is 2.41. The number of likely N-dealkylation sites (N-methyl/N-ethyl adjacent to an activating group) is 1. The summed E-state index contributed by atoms with van der Waals surface area (Å²) in [6.07, 6.45) is 2.78. The van der Waals surface area contributed by atoms with Crippen LogP contribution >= 0.6 is 0 Å². The van der Waals surface area contributed by atoms with Crippen molar-refractivity contribution in [1.82, 2.24) is 24.6 Å². The summed E-state index contributed by atoms with van der Waals surface area (Å²) < 4.78 is 6.59. The lowest BCUT2D eigenvalue weighted by Crippen LogP contribution is -2.59. The topological polar surface area (TPSA) is 147 Å². The number of piperidine rings is 1. The largest absolute Gasteiger partial charge is 0.443 e. The predicted octanol–water partition coefficient (Wildman–Crippen LogP) is 4.29. The number of carbonyl (C=O) groups excluding carboxylic acids is 5. The summed E-state index contributed by atoms with van der Waals surface area (Å²) in [4.78, 5) is 75.2. The van der Waals surface area contributed by atoms with Crippen molar-refractivity contribution in [2.75, 3.05) is 30.4 Å². The van der Waals surface area contributed by atoms with Gasteiger partial charge in [0.1, 0.15) is 23.9 Å². The van der Waals surface area contributed by atoms with E-state index in [0.29, 0.717) is 22.4 Å². The van der Waals surface area contributed by atoms with E-state index in [0.717, 1.165) is 15.1 Å². The minimum Gasteiger partial charge on any atom is -0.443 e. The van der Waals surface area contributed by atoms with Gasteiger partial charge in [-0.05, 0) is 54.7 Å². The SMILES string of the molecule is CC(C)[C@H](C(=O)Nc1ccccn1)C(=O)N1CCC2(CC1)C(=O)N(C)C(=O)N2c1ccc2c(cnn2C(=O)OCc2ccccc2)c1. The molecule has 4 heterocycles. The van der Waals surface area contributed by atoms with Gasteiger partial charge in [-0.2, -0.15) is 9.78 Å². The second kappa shape index (κ2) is 12.7. The van der Waals surface area contributed by atoms with Crippen LogP contribution in [-0.2, 0) is 25.7 Å². The summed E-state index contributed by atoms with van der Waals surface area (Å²) in [5, 5.41) is 7.52. The standard InChI is InChI=1S/C34H35N7O6/c1-22(2)28(29(42)37-27-11-7-8-16-35-27)30(43)39-17-14-34(15-18-39)31(44)38(3)32(45)40(34)25-12-13-26-24(19-25)20-36-41(26)33(46)47-21-23-9-5-4-6-10-23/h4-13,16,19-20,22,28H,14-15,17-18,21H2,1-3H3,(H,35,37,42)/t28-/m1/s1. The minimum absolute atomic E-state index is 0.0880. The maximum atomic E-state index is 13.7. The molecule has 2 fully saturated rings. The summed E-state index contributed by atoms with van der Waals surface area (Å²) in [6, 6.07) is 19.0. The zero-order chi connectivity index (χ0) is 33.3. The van der Waals surface area contributed by atoms with Crippen molar-refractivity contribution < 1.29 is 28.7 Å². The molecule has 47 heavy (non-hydrogen) atoms. The van der Waals surface area contributed by atoms with E-state index in [1.807, 2.05) is 44.2 Å². The van der Waals surface area contributed by atoms with Crippen LogP contribution in [0.3, 0.4) is 0 Å². The van der Waals surface area contributed by atoms with Gasteiger partial charge >= 0.3 is 12.1 Å². The van der Waals surface area contributed by atoms with E-state index in [9.17, 15) is 24.0 Å². The molecule has 0 aliphatic carbocycles. The summed E-state index contributed by atoms with van der Waals surface area (Å²) in [5.41, 5.74) is 0.569. The number of likely N-dealkylation sites (tertiary alicyclic amines) is 1. The van der Waals surface area contributed by atoms with E-state index in [4.69, 9.17) is 4.74 Å². The van der Waals surface area contributed by atoms with Gasteiger partial charge in [-0.25, -0.2) is 14.6 Å². The molecule has 0 radical (unpaired) electrons. The van der Waals surface area contributed by atoms with Gasteiger partial charge in [-0.15, -0.1) is 0 Å². The number of nitrogens with one attached hydrogen (secondary N) is 1. The molecular formula is C34H35N7O6. The third-order valence-corrected chi connectivity index (χ3v) is 8.83. The molecule has 1 atom stereocenters. The highest BCUT2D eigenvalue weighted by molar-refractivity contribution is 6.17. The Morgan fingerprint density at radius 3 is 2.38 bits per heavy atom. The molecule has 4 aromatic rings. The second-order valence-corrected chi connectivity index (χ2v) is 12.1. The van der Waals surface area contributed by atoms with Gasteiger partial charge in [-0.3, -0.25) is 24.2 Å². The van der Waals surface area contributed by atoms with E-state index >= 15 is 0 Å². The fourth-order valence-electron chi connectivity index (χ4n) is 6.34. The van der Waals surface area contributed by atoms with Crippen molar-refractivity contribution in [3.8, 4) is 0 Å². The molecule has 0 unspecified atom stereocenters. The molecule has 1 N–H and O–H groups in total. The van der Waals surface area contributed by atoms with Crippen molar-refractivity contribution in [1.29, 1.82) is 0 Å². The van der Waals surface area contributed by atoms with Gasteiger partial charge < -0.3 is 15.0 Å². The maximum Gasteiger partial charge on any atom is 0.435 e. The first-order chi connectivity index (χ1) is 22.6. The van der Waals surface area contributed by atoms with E-state index in [1.54, 1.807) is 47.5 Å². The average molecular weight is 638 g/mol. The number of carbonyl (C=O) groups is 5. The number of nitrogens with zero attached hydrogens (tertiary/aromatic N) is 6. The Balaban J connectivity index is 1.20. The van der Waals surface area contributed by atoms with Gasteiger partial charge in [0.2, 0.25) is 11.8 Å². The molecule has 242 valence electrons. The molecule has 0 bridgehead atoms. The molecular weight excluding hydrogens is 602 g/mol. The lowest BCUT2D eigenvalue weighted by Gasteiger charge is -2.43. The summed E-state index contributed by atoms with van der Waals surface area (Å²) in [7, 11) is 1.44. The van der Waals surface area contributed by atoms with Crippen LogP contribution in [0.2, 0.25) is 0 Å². The van der Waals surface area contributed by atoms with Crippen LogP contribution in [0.4, 0.5) is 21.1 Å². The van der Waals surface area contributed by atoms with Crippen molar-refractivity contribution in [3.05, 3.63) is 84.7 Å². The molecule has 0 saturated carbocycles. The quantitative estimate of drug-likeness (QED) is 0.233. The fraction of sp³-hybridized carbons (Fsp3) is 0.324. The lowest BCUT2D eigenvalue weighted by atomic mass is 9.84. The Bertz CT molecular complexity index is 1830. The molecule has 13 nitrogen and oxygen atoms in total. The van der Waals surface area contributed by atoms with Crippen molar-refractivity contribution >= 4 is 52.3 Å². The first kappa shape index (κ1) is 31.4. The van der Waals surface area contributed by atoms with Gasteiger partial charge in [0.25, 0.3) is 5.91 Å². The summed E-state index contributed by atoms with van der Waals surface area (Å²) in [5.74, 6) is -2.04. The number of pyridine rings is 1. The predicted molar refractivity (Wildman–Crippen MR) is 172 cm³/mol. The molecule has 5 amide bonds. The Morgan fingerprint density at radius 1 is 0.979 bits per heavy atom. The fourth-order valence-corrected chi connectivity index (χ4v) is 6.34. The Morgan fingerprint density at radius 2 is 1.70 bits per heavy atom. The van der Waals surface area contributed by atoms with Crippen LogP contribution in [0.25, 0.3) is 10.9 Å². The second-order valence-electron chi connectivity index (χ2n) is 12.1. The molecule has 2 aliphatic heterocycles. The normalized spacial score (nSPS) is 16.6. The van der Waals surface area contributed by atoms with Crippen molar-refractivity contribution in [2.45, 2.75) is 38.8 Å². The minimum atomic E-state index is -1.22. The summed E-state index contributed by atoms with van der Waals surface area (Å²) >= 11 is 0. The number of fused-ring (bicyclic) bond motifs is 1. The molecule has 6 rings (SSSR count). The first-order valence-electron chi connectivity index (χ1n) is 15.4. The number of amides is 5. The van der Waals surface area contributed by atoms with Gasteiger partial charge in [0.05, 0.1) is 11.7 Å². The highest BCUT2D eigenvalue weighted by atomic mass is 16.6. The van der Waals surface area contributed by atoms with E-state index in [-0.39, 0.29) is 50.3 Å². The van der Waals surface area contributed by atoms with Crippen LogP contribution in [0, 0.1) is 11.8 Å². The number of aromatic nitrogens is 3. The Labute approximate surface area is 271 Å². The Kier molecular flexibility index (Phi) is 8.46. The maximum absolute atomic E-state index is 13.7. The molecule has 2 aromatic carbocycles. The molecule has 2 aromatic heterocycles.